The van der Waals surface area contributed by atoms with Crippen LogP contribution in [0, 0.1) is 5.82 Å². The molecule has 8 heteroatoms. The number of hydrogen-bond acceptors (Lipinski definition) is 5. The van der Waals surface area contributed by atoms with E-state index in [4.69, 9.17) is 23.2 Å². The maximum absolute atomic E-state index is 13.7. The Morgan fingerprint density at radius 2 is 1.84 bits per heavy atom. The largest absolute Gasteiger partial charge is 0.465 e. The lowest BCUT2D eigenvalue weighted by atomic mass is 10.1. The van der Waals surface area contributed by atoms with E-state index in [2.05, 4.69) is 19.7 Å². The lowest BCUT2D eigenvalue weighted by molar-refractivity contribution is 0.0595. The van der Waals surface area contributed by atoms with Crippen molar-refractivity contribution in [3.05, 3.63) is 40.1 Å². The fourth-order valence-electron chi connectivity index (χ4n) is 1.38. The molecule has 0 bridgehead atoms. The third-order valence-corrected chi connectivity index (χ3v) is 2.55. The quantitative estimate of drug-likeness (QED) is 0.798. The molecule has 0 unspecified atom stereocenters. The van der Waals surface area contributed by atoms with Gasteiger partial charge in [0.15, 0.2) is 5.82 Å². The van der Waals surface area contributed by atoms with Gasteiger partial charge in [-0.1, -0.05) is 6.07 Å². The van der Waals surface area contributed by atoms with Crippen LogP contribution in [0.3, 0.4) is 0 Å². The minimum Gasteiger partial charge on any atom is -0.465 e. The van der Waals surface area contributed by atoms with Crippen molar-refractivity contribution in [3.8, 4) is 11.4 Å². The van der Waals surface area contributed by atoms with Gasteiger partial charge >= 0.3 is 5.97 Å². The summed E-state index contributed by atoms with van der Waals surface area (Å²) in [4.78, 5) is 22.5. The molecule has 1 aromatic carbocycles. The third kappa shape index (κ3) is 2.97. The van der Waals surface area contributed by atoms with Crippen LogP contribution >= 0.6 is 23.2 Å². The number of benzene rings is 1. The number of nitrogens with zero attached hydrogens (tertiary/aromatic N) is 3. The summed E-state index contributed by atoms with van der Waals surface area (Å²) in [5.41, 5.74) is 0.133. The number of ether oxygens (including phenoxy) is 1. The van der Waals surface area contributed by atoms with E-state index in [0.717, 1.165) is 6.07 Å². The Balaban J connectivity index is 2.47. The van der Waals surface area contributed by atoms with E-state index >= 15 is 0 Å². The van der Waals surface area contributed by atoms with Crippen LogP contribution in [0.25, 0.3) is 11.4 Å². The van der Waals surface area contributed by atoms with Crippen LogP contribution in [0.5, 0.6) is 0 Å². The fraction of sp³-hybridized carbons (Fsp3) is 0.0909. The normalized spacial score (nSPS) is 10.3. The molecule has 0 aliphatic heterocycles. The second kappa shape index (κ2) is 5.46. The molecule has 0 aliphatic carbocycles. The molecule has 0 saturated heterocycles. The number of rotatable bonds is 2. The van der Waals surface area contributed by atoms with E-state index < -0.39 is 11.8 Å². The van der Waals surface area contributed by atoms with Crippen LogP contribution in [0.15, 0.2) is 18.2 Å². The summed E-state index contributed by atoms with van der Waals surface area (Å²) < 4.78 is 18.2. The maximum Gasteiger partial charge on any atom is 0.340 e. The second-order valence-corrected chi connectivity index (χ2v) is 4.06. The van der Waals surface area contributed by atoms with Crippen molar-refractivity contribution in [2.75, 3.05) is 7.11 Å². The molecule has 0 spiro atoms. The Labute approximate surface area is 117 Å². The van der Waals surface area contributed by atoms with Crippen LogP contribution in [-0.2, 0) is 4.74 Å². The van der Waals surface area contributed by atoms with Gasteiger partial charge in [0.25, 0.3) is 0 Å². The number of carbonyl (C=O) groups is 1. The van der Waals surface area contributed by atoms with Crippen molar-refractivity contribution in [1.29, 1.82) is 0 Å². The number of hydrogen-bond donors (Lipinski definition) is 0. The molecule has 2 aromatic rings. The molecular formula is C11H6Cl2FN3O2. The zero-order chi connectivity index (χ0) is 14.0. The molecule has 98 valence electrons. The van der Waals surface area contributed by atoms with Gasteiger partial charge in [-0.2, -0.15) is 15.0 Å². The van der Waals surface area contributed by atoms with E-state index in [1.54, 1.807) is 0 Å². The fourth-order valence-corrected chi connectivity index (χ4v) is 1.75. The number of carbonyl (C=O) groups excluding carboxylic acids is 1. The molecule has 1 aromatic heterocycles. The molecule has 1 heterocycles. The van der Waals surface area contributed by atoms with Crippen LogP contribution in [0.1, 0.15) is 10.4 Å². The number of methoxy groups -OCH3 is 1. The summed E-state index contributed by atoms with van der Waals surface area (Å²) in [7, 11) is 1.17. The lowest BCUT2D eigenvalue weighted by Gasteiger charge is -2.04. The molecule has 0 atom stereocenters. The summed E-state index contributed by atoms with van der Waals surface area (Å²) in [5.74, 6) is -1.41. The lowest BCUT2D eigenvalue weighted by Crippen LogP contribution is -2.04. The van der Waals surface area contributed by atoms with Crippen LogP contribution < -0.4 is 0 Å². The van der Waals surface area contributed by atoms with Crippen molar-refractivity contribution >= 4 is 29.2 Å². The highest BCUT2D eigenvalue weighted by molar-refractivity contribution is 6.31. The average Bonchev–Trinajstić information content (AvgIpc) is 2.36. The maximum atomic E-state index is 13.7. The van der Waals surface area contributed by atoms with Gasteiger partial charge in [-0.3, -0.25) is 0 Å². The highest BCUT2D eigenvalue weighted by Gasteiger charge is 2.14. The van der Waals surface area contributed by atoms with Crippen molar-refractivity contribution in [2.24, 2.45) is 0 Å². The van der Waals surface area contributed by atoms with E-state index in [1.165, 1.54) is 19.2 Å². The average molecular weight is 302 g/mol. The highest BCUT2D eigenvalue weighted by Crippen LogP contribution is 2.21. The SMILES string of the molecule is COC(=O)c1ccc(-c2nc(Cl)nc(Cl)n2)cc1F. The minimum atomic E-state index is -0.768. The Morgan fingerprint density at radius 1 is 1.21 bits per heavy atom. The number of halogens is 3. The van der Waals surface area contributed by atoms with Gasteiger partial charge in [-0.15, -0.1) is 0 Å². The first-order valence-electron chi connectivity index (χ1n) is 4.96. The van der Waals surface area contributed by atoms with Gasteiger partial charge in [0.05, 0.1) is 12.7 Å². The van der Waals surface area contributed by atoms with E-state index in [-0.39, 0.29) is 22.0 Å². The molecule has 0 N–H and O–H groups in total. The van der Waals surface area contributed by atoms with E-state index in [0.29, 0.717) is 5.56 Å². The predicted molar refractivity (Wildman–Crippen MR) is 66.6 cm³/mol. The summed E-state index contributed by atoms with van der Waals surface area (Å²) in [6.45, 7) is 0. The van der Waals surface area contributed by atoms with Crippen LogP contribution in [0.4, 0.5) is 4.39 Å². The summed E-state index contributed by atoms with van der Waals surface area (Å²) in [6.07, 6.45) is 0. The van der Waals surface area contributed by atoms with Crippen molar-refractivity contribution in [3.63, 3.8) is 0 Å². The van der Waals surface area contributed by atoms with Crippen LogP contribution in [0.2, 0.25) is 10.6 Å². The smallest absolute Gasteiger partial charge is 0.340 e. The first kappa shape index (κ1) is 13.6. The van der Waals surface area contributed by atoms with Gasteiger partial charge in [0.1, 0.15) is 5.82 Å². The first-order valence-corrected chi connectivity index (χ1v) is 5.72. The van der Waals surface area contributed by atoms with Gasteiger partial charge in [-0.05, 0) is 35.3 Å². The third-order valence-electron chi connectivity index (χ3n) is 2.21. The molecule has 0 fully saturated rings. The Hall–Kier alpha value is -1.79. The molecular weight excluding hydrogens is 296 g/mol. The topological polar surface area (TPSA) is 65.0 Å². The molecule has 2 rings (SSSR count). The summed E-state index contributed by atoms with van der Waals surface area (Å²) in [5, 5.41) is -0.208. The monoisotopic (exact) mass is 301 g/mol. The molecule has 0 aliphatic rings. The molecule has 19 heavy (non-hydrogen) atoms. The molecule has 5 nitrogen and oxygen atoms in total. The first-order chi connectivity index (χ1) is 9.01. The highest BCUT2D eigenvalue weighted by atomic mass is 35.5. The van der Waals surface area contributed by atoms with E-state index in [9.17, 15) is 9.18 Å². The molecule has 0 amide bonds. The minimum absolute atomic E-state index is 0.104. The Morgan fingerprint density at radius 3 is 2.37 bits per heavy atom. The summed E-state index contributed by atoms with van der Waals surface area (Å²) in [6, 6.07) is 3.81. The number of esters is 1. The van der Waals surface area contributed by atoms with E-state index in [1.807, 2.05) is 0 Å². The second-order valence-electron chi connectivity index (χ2n) is 3.38. The van der Waals surface area contributed by atoms with Crippen molar-refractivity contribution < 1.29 is 13.9 Å². The van der Waals surface area contributed by atoms with Gasteiger partial charge in [0.2, 0.25) is 10.6 Å². The standard InChI is InChI=1S/C11H6Cl2FN3O2/c1-19-9(18)6-3-2-5(4-7(6)14)8-15-10(12)17-11(13)16-8/h2-4H,1H3. The molecule has 0 saturated carbocycles. The van der Waals surface area contributed by atoms with Gasteiger partial charge in [0, 0.05) is 5.56 Å². The Bertz CT molecular complexity index is 632. The van der Waals surface area contributed by atoms with Gasteiger partial charge in [-0.25, -0.2) is 9.18 Å². The van der Waals surface area contributed by atoms with Crippen molar-refractivity contribution in [2.45, 2.75) is 0 Å². The number of aromatic nitrogens is 3. The van der Waals surface area contributed by atoms with Crippen LogP contribution in [-0.4, -0.2) is 28.0 Å². The van der Waals surface area contributed by atoms with Crippen molar-refractivity contribution in [1.82, 2.24) is 15.0 Å². The van der Waals surface area contributed by atoms with Gasteiger partial charge < -0.3 is 4.74 Å². The summed E-state index contributed by atoms with van der Waals surface area (Å²) >= 11 is 11.3. The zero-order valence-corrected chi connectivity index (χ0v) is 11.0. The Kier molecular flexibility index (Phi) is 3.92. The zero-order valence-electron chi connectivity index (χ0n) is 9.52. The molecule has 0 radical (unpaired) electrons. The predicted octanol–water partition coefficient (Wildman–Crippen LogP) is 2.77.